The first-order valence-corrected chi connectivity index (χ1v) is 5.64. The zero-order valence-corrected chi connectivity index (χ0v) is 10.7. The van der Waals surface area contributed by atoms with Crippen molar-refractivity contribution in [3.63, 3.8) is 0 Å². The van der Waals surface area contributed by atoms with Crippen LogP contribution >= 0.6 is 15.9 Å². The highest BCUT2D eigenvalue weighted by molar-refractivity contribution is 9.10. The van der Waals surface area contributed by atoms with Crippen molar-refractivity contribution in [1.29, 1.82) is 0 Å². The topological polar surface area (TPSA) is 73.6 Å². The van der Waals surface area contributed by atoms with Crippen molar-refractivity contribution >= 4 is 21.8 Å². The van der Waals surface area contributed by atoms with Gasteiger partial charge in [0.1, 0.15) is 12.4 Å². The molecule has 18 heavy (non-hydrogen) atoms. The summed E-state index contributed by atoms with van der Waals surface area (Å²) in [5.74, 6) is -0.607. The second kappa shape index (κ2) is 7.24. The second-order valence-corrected chi connectivity index (χ2v) is 4.12. The lowest BCUT2D eigenvalue weighted by molar-refractivity contribution is -0.125. The molecule has 1 aromatic rings. The summed E-state index contributed by atoms with van der Waals surface area (Å²) in [6.07, 6.45) is 0. The first kappa shape index (κ1) is 14.8. The molecule has 0 spiro atoms. The maximum absolute atomic E-state index is 12.1. The third-order valence-corrected chi connectivity index (χ3v) is 2.31. The maximum Gasteiger partial charge on any atom is 0.387 e. The molecule has 0 saturated heterocycles. The summed E-state index contributed by atoms with van der Waals surface area (Å²) in [6.45, 7) is -3.12. The highest BCUT2D eigenvalue weighted by Gasteiger charge is 2.10. The molecule has 1 aromatic carbocycles. The van der Waals surface area contributed by atoms with E-state index < -0.39 is 12.5 Å². The average Bonchev–Trinajstić information content (AvgIpc) is 2.27. The number of benzene rings is 1. The fraction of sp³-hybridized carbons (Fsp3) is 0.300. The fourth-order valence-electron chi connectivity index (χ4n) is 1.15. The van der Waals surface area contributed by atoms with Crippen LogP contribution in [0.2, 0.25) is 0 Å². The Morgan fingerprint density at radius 2 is 2.22 bits per heavy atom. The summed E-state index contributed by atoms with van der Waals surface area (Å²) in [7, 11) is 0. The van der Waals surface area contributed by atoms with Gasteiger partial charge in [-0.2, -0.15) is 14.3 Å². The van der Waals surface area contributed by atoms with Crippen LogP contribution < -0.4 is 16.0 Å². The Kier molecular flexibility index (Phi) is 5.96. The number of nitrogens with one attached hydrogen (secondary N) is 1. The van der Waals surface area contributed by atoms with Crippen LogP contribution in [0.4, 0.5) is 8.78 Å². The van der Waals surface area contributed by atoms with Gasteiger partial charge < -0.3 is 10.5 Å². The molecule has 0 aliphatic carbocycles. The van der Waals surface area contributed by atoms with Crippen LogP contribution in [0.3, 0.4) is 0 Å². The standard InChI is InChI=1S/C10H11BrF2N2O3/c11-7-1-2-8(18-10(12)13)6(3-7)4-15-17-5-9(14)16/h1-3,10,15H,4-5H2,(H2,14,16). The molecule has 0 fully saturated rings. The highest BCUT2D eigenvalue weighted by atomic mass is 79.9. The Labute approximate surface area is 110 Å². The lowest BCUT2D eigenvalue weighted by atomic mass is 10.2. The van der Waals surface area contributed by atoms with E-state index in [0.717, 1.165) is 0 Å². The van der Waals surface area contributed by atoms with E-state index in [4.69, 9.17) is 10.6 Å². The van der Waals surface area contributed by atoms with Crippen LogP contribution in [-0.2, 0) is 16.2 Å². The van der Waals surface area contributed by atoms with Crippen LogP contribution in [0, 0.1) is 0 Å². The number of halogens is 3. The molecule has 0 radical (unpaired) electrons. The van der Waals surface area contributed by atoms with Crippen molar-refractivity contribution in [2.45, 2.75) is 13.2 Å². The van der Waals surface area contributed by atoms with E-state index in [1.807, 2.05) is 0 Å². The molecule has 0 unspecified atom stereocenters. The summed E-state index contributed by atoms with van der Waals surface area (Å²) in [5.41, 5.74) is 7.74. The van der Waals surface area contributed by atoms with E-state index >= 15 is 0 Å². The van der Waals surface area contributed by atoms with E-state index in [9.17, 15) is 13.6 Å². The predicted molar refractivity (Wildman–Crippen MR) is 62.8 cm³/mol. The second-order valence-electron chi connectivity index (χ2n) is 3.21. The number of carbonyl (C=O) groups excluding carboxylic acids is 1. The Hall–Kier alpha value is -1.25. The third kappa shape index (κ3) is 5.39. The largest absolute Gasteiger partial charge is 0.434 e. The minimum Gasteiger partial charge on any atom is -0.434 e. The van der Waals surface area contributed by atoms with Crippen molar-refractivity contribution in [3.8, 4) is 5.75 Å². The lowest BCUT2D eigenvalue weighted by Gasteiger charge is -2.11. The van der Waals surface area contributed by atoms with Crippen molar-refractivity contribution in [2.24, 2.45) is 5.73 Å². The van der Waals surface area contributed by atoms with Crippen molar-refractivity contribution in [2.75, 3.05) is 6.61 Å². The van der Waals surface area contributed by atoms with Gasteiger partial charge in [0, 0.05) is 16.6 Å². The molecule has 1 amide bonds. The third-order valence-electron chi connectivity index (χ3n) is 1.82. The number of ether oxygens (including phenoxy) is 1. The van der Waals surface area contributed by atoms with Gasteiger partial charge in [0.2, 0.25) is 5.91 Å². The van der Waals surface area contributed by atoms with E-state index in [1.165, 1.54) is 6.07 Å². The SMILES string of the molecule is NC(=O)CONCc1cc(Br)ccc1OC(F)F. The van der Waals surface area contributed by atoms with Crippen molar-refractivity contribution in [1.82, 2.24) is 5.48 Å². The van der Waals surface area contributed by atoms with Crippen molar-refractivity contribution < 1.29 is 23.1 Å². The van der Waals surface area contributed by atoms with Crippen LogP contribution in [0.1, 0.15) is 5.56 Å². The zero-order chi connectivity index (χ0) is 13.5. The molecule has 0 aliphatic rings. The molecule has 100 valence electrons. The molecule has 0 saturated carbocycles. The van der Waals surface area contributed by atoms with Crippen LogP contribution in [0.15, 0.2) is 22.7 Å². The number of rotatable bonds is 7. The molecule has 0 aromatic heterocycles. The lowest BCUT2D eigenvalue weighted by Crippen LogP contribution is -2.24. The molecule has 0 atom stereocenters. The normalized spacial score (nSPS) is 10.7. The molecule has 8 heteroatoms. The molecule has 5 nitrogen and oxygen atoms in total. The van der Waals surface area contributed by atoms with Crippen molar-refractivity contribution in [3.05, 3.63) is 28.2 Å². The summed E-state index contributed by atoms with van der Waals surface area (Å²) in [6, 6.07) is 4.57. The Morgan fingerprint density at radius 3 is 2.83 bits per heavy atom. The van der Waals surface area contributed by atoms with E-state index in [1.54, 1.807) is 12.1 Å². The van der Waals surface area contributed by atoms with E-state index in [-0.39, 0.29) is 18.9 Å². The van der Waals surface area contributed by atoms with Gasteiger partial charge in [-0.25, -0.2) is 0 Å². The molecule has 0 bridgehead atoms. The van der Waals surface area contributed by atoms with Gasteiger partial charge in [0.15, 0.2) is 0 Å². The number of carbonyl (C=O) groups is 1. The molecular weight excluding hydrogens is 314 g/mol. The van der Waals surface area contributed by atoms with Gasteiger partial charge in [-0.05, 0) is 18.2 Å². The van der Waals surface area contributed by atoms with Gasteiger partial charge in [-0.1, -0.05) is 15.9 Å². The number of hydrogen-bond acceptors (Lipinski definition) is 4. The minimum absolute atomic E-state index is 0.0309. The quantitative estimate of drug-likeness (QED) is 0.589. The first-order valence-electron chi connectivity index (χ1n) is 4.85. The number of primary amides is 1. The van der Waals surface area contributed by atoms with Crippen LogP contribution in [-0.4, -0.2) is 19.1 Å². The van der Waals surface area contributed by atoms with Gasteiger partial charge in [0.05, 0.1) is 0 Å². The summed E-state index contributed by atoms with van der Waals surface area (Å²) in [5, 5.41) is 0. The van der Waals surface area contributed by atoms with Gasteiger partial charge in [-0.15, -0.1) is 0 Å². The molecule has 3 N–H and O–H groups in total. The molecular formula is C10H11BrF2N2O3. The Bertz CT molecular complexity index is 418. The number of amides is 1. The number of hydrogen-bond donors (Lipinski definition) is 2. The van der Waals surface area contributed by atoms with Crippen LogP contribution in [0.25, 0.3) is 0 Å². The monoisotopic (exact) mass is 324 g/mol. The fourth-order valence-corrected chi connectivity index (χ4v) is 1.56. The Morgan fingerprint density at radius 1 is 1.50 bits per heavy atom. The maximum atomic E-state index is 12.1. The Balaban J connectivity index is 2.61. The number of alkyl halides is 2. The number of hydroxylamine groups is 1. The molecule has 1 rings (SSSR count). The van der Waals surface area contributed by atoms with Gasteiger partial charge >= 0.3 is 6.61 Å². The first-order chi connectivity index (χ1) is 8.49. The summed E-state index contributed by atoms with van der Waals surface area (Å²) < 4.78 is 29.3. The molecule has 0 heterocycles. The smallest absolute Gasteiger partial charge is 0.387 e. The summed E-state index contributed by atoms with van der Waals surface area (Å²) >= 11 is 3.21. The van der Waals surface area contributed by atoms with E-state index in [2.05, 4.69) is 26.1 Å². The number of nitrogens with two attached hydrogens (primary N) is 1. The van der Waals surface area contributed by atoms with Crippen LogP contribution in [0.5, 0.6) is 5.75 Å². The molecule has 0 aliphatic heterocycles. The summed E-state index contributed by atoms with van der Waals surface area (Å²) in [4.78, 5) is 15.1. The zero-order valence-electron chi connectivity index (χ0n) is 9.16. The average molecular weight is 325 g/mol. The van der Waals surface area contributed by atoms with Gasteiger partial charge in [0.25, 0.3) is 0 Å². The highest BCUT2D eigenvalue weighted by Crippen LogP contribution is 2.24. The minimum atomic E-state index is -2.91. The predicted octanol–water partition coefficient (Wildman–Crippen LogP) is 1.56. The van der Waals surface area contributed by atoms with E-state index in [0.29, 0.717) is 10.0 Å². The van der Waals surface area contributed by atoms with Gasteiger partial charge in [-0.3, -0.25) is 9.63 Å².